The molecule has 26 heavy (non-hydrogen) atoms. The van der Waals surface area contributed by atoms with E-state index < -0.39 is 0 Å². The fraction of sp³-hybridized carbons (Fsp3) is 0.238. The first-order valence-electron chi connectivity index (χ1n) is 8.58. The average molecular weight is 369 g/mol. The number of rotatable bonds is 6. The molecule has 0 saturated heterocycles. The molecular formula is C21H21ClN2O2. The molecule has 0 bridgehead atoms. The summed E-state index contributed by atoms with van der Waals surface area (Å²) in [5.41, 5.74) is 3.20. The Kier molecular flexibility index (Phi) is 5.74. The van der Waals surface area contributed by atoms with Gasteiger partial charge in [0.25, 0.3) is 0 Å². The Morgan fingerprint density at radius 2 is 1.92 bits per heavy atom. The van der Waals surface area contributed by atoms with Gasteiger partial charge in [0.1, 0.15) is 0 Å². The van der Waals surface area contributed by atoms with Crippen LogP contribution in [0.4, 0.5) is 0 Å². The fourth-order valence-corrected chi connectivity index (χ4v) is 2.98. The molecule has 134 valence electrons. The van der Waals surface area contributed by atoms with E-state index in [0.29, 0.717) is 29.5 Å². The predicted molar refractivity (Wildman–Crippen MR) is 103 cm³/mol. The first kappa shape index (κ1) is 18.2. The van der Waals surface area contributed by atoms with E-state index >= 15 is 0 Å². The van der Waals surface area contributed by atoms with Crippen molar-refractivity contribution in [2.24, 2.45) is 0 Å². The first-order chi connectivity index (χ1) is 12.5. The van der Waals surface area contributed by atoms with Gasteiger partial charge in [0.05, 0.1) is 12.2 Å². The summed E-state index contributed by atoms with van der Waals surface area (Å²) in [7, 11) is 0. The second-order valence-electron chi connectivity index (χ2n) is 6.27. The zero-order valence-corrected chi connectivity index (χ0v) is 15.6. The van der Waals surface area contributed by atoms with Crippen molar-refractivity contribution in [3.8, 4) is 11.3 Å². The molecular weight excluding hydrogens is 348 g/mol. The van der Waals surface area contributed by atoms with Crippen LogP contribution in [0.25, 0.3) is 11.3 Å². The molecule has 5 heteroatoms. The number of oxazole rings is 1. The van der Waals surface area contributed by atoms with E-state index in [4.69, 9.17) is 16.0 Å². The molecule has 1 unspecified atom stereocenters. The summed E-state index contributed by atoms with van der Waals surface area (Å²) < 4.78 is 5.73. The molecule has 1 aromatic heterocycles. The molecule has 0 aliphatic carbocycles. The third-order valence-corrected chi connectivity index (χ3v) is 4.53. The standard InChI is InChI=1S/C21H21ClN2O2/c1-14-5-3-4-6-18(14)15(2)24-20(25)11-12-21-23-13-19(26-21)16-7-9-17(22)10-8-16/h3-10,13,15H,11-12H2,1-2H3,(H,24,25). The van der Waals surface area contributed by atoms with Gasteiger partial charge in [-0.1, -0.05) is 35.9 Å². The van der Waals surface area contributed by atoms with Gasteiger partial charge in [-0.2, -0.15) is 0 Å². The number of hydrogen-bond donors (Lipinski definition) is 1. The highest BCUT2D eigenvalue weighted by Crippen LogP contribution is 2.23. The van der Waals surface area contributed by atoms with Crippen LogP contribution in [0.2, 0.25) is 5.02 Å². The summed E-state index contributed by atoms with van der Waals surface area (Å²) in [6.45, 7) is 4.03. The van der Waals surface area contributed by atoms with Crippen molar-refractivity contribution in [1.82, 2.24) is 10.3 Å². The van der Waals surface area contributed by atoms with Crippen LogP contribution in [0.1, 0.15) is 36.4 Å². The maximum Gasteiger partial charge on any atom is 0.220 e. The van der Waals surface area contributed by atoms with Crippen molar-refractivity contribution in [1.29, 1.82) is 0 Å². The molecule has 0 fully saturated rings. The molecule has 3 rings (SSSR count). The molecule has 2 aromatic carbocycles. The number of amides is 1. The average Bonchev–Trinajstić information content (AvgIpc) is 3.10. The van der Waals surface area contributed by atoms with E-state index in [1.165, 1.54) is 5.56 Å². The molecule has 0 aliphatic rings. The molecule has 1 amide bonds. The van der Waals surface area contributed by atoms with E-state index in [9.17, 15) is 4.79 Å². The predicted octanol–water partition coefficient (Wildman–Crippen LogP) is 5.11. The lowest BCUT2D eigenvalue weighted by molar-refractivity contribution is -0.121. The van der Waals surface area contributed by atoms with Crippen LogP contribution in [-0.2, 0) is 11.2 Å². The van der Waals surface area contributed by atoms with Gasteiger partial charge in [0.2, 0.25) is 5.91 Å². The van der Waals surface area contributed by atoms with Crippen LogP contribution in [0.15, 0.2) is 59.1 Å². The number of carbonyl (C=O) groups is 1. The largest absolute Gasteiger partial charge is 0.441 e. The summed E-state index contributed by atoms with van der Waals surface area (Å²) in [5.74, 6) is 1.20. The van der Waals surface area contributed by atoms with Gasteiger partial charge in [-0.15, -0.1) is 0 Å². The van der Waals surface area contributed by atoms with Crippen molar-refractivity contribution in [2.45, 2.75) is 32.7 Å². The van der Waals surface area contributed by atoms with Gasteiger partial charge in [0, 0.05) is 23.4 Å². The van der Waals surface area contributed by atoms with Crippen molar-refractivity contribution >= 4 is 17.5 Å². The highest BCUT2D eigenvalue weighted by molar-refractivity contribution is 6.30. The molecule has 0 spiro atoms. The number of nitrogens with zero attached hydrogens (tertiary/aromatic N) is 1. The van der Waals surface area contributed by atoms with Crippen molar-refractivity contribution in [2.75, 3.05) is 0 Å². The van der Waals surface area contributed by atoms with Crippen molar-refractivity contribution < 1.29 is 9.21 Å². The van der Waals surface area contributed by atoms with Crippen LogP contribution in [0.3, 0.4) is 0 Å². The Bertz CT molecular complexity index is 887. The van der Waals surface area contributed by atoms with Gasteiger partial charge in [-0.25, -0.2) is 4.98 Å². The van der Waals surface area contributed by atoms with E-state index in [0.717, 1.165) is 11.1 Å². The van der Waals surface area contributed by atoms with Crippen molar-refractivity contribution in [3.05, 3.63) is 76.8 Å². The molecule has 1 heterocycles. The molecule has 3 aromatic rings. The summed E-state index contributed by atoms with van der Waals surface area (Å²) in [6.07, 6.45) is 2.46. The second-order valence-corrected chi connectivity index (χ2v) is 6.71. The lowest BCUT2D eigenvalue weighted by Gasteiger charge is -2.16. The number of nitrogens with one attached hydrogen (secondary N) is 1. The van der Waals surface area contributed by atoms with Crippen molar-refractivity contribution in [3.63, 3.8) is 0 Å². The minimum atomic E-state index is -0.0297. The summed E-state index contributed by atoms with van der Waals surface area (Å²) >= 11 is 5.89. The van der Waals surface area contributed by atoms with E-state index in [-0.39, 0.29) is 11.9 Å². The number of hydrogen-bond acceptors (Lipinski definition) is 3. The van der Waals surface area contributed by atoms with E-state index in [1.54, 1.807) is 18.3 Å². The molecule has 4 nitrogen and oxygen atoms in total. The topological polar surface area (TPSA) is 55.1 Å². The van der Waals surface area contributed by atoms with Gasteiger partial charge < -0.3 is 9.73 Å². The van der Waals surface area contributed by atoms with Crippen LogP contribution in [0.5, 0.6) is 0 Å². The minimum absolute atomic E-state index is 0.0213. The number of aromatic nitrogens is 1. The number of halogens is 1. The van der Waals surface area contributed by atoms with Gasteiger partial charge in [-0.3, -0.25) is 4.79 Å². The monoisotopic (exact) mass is 368 g/mol. The normalized spacial score (nSPS) is 12.0. The molecule has 0 saturated carbocycles. The summed E-state index contributed by atoms with van der Waals surface area (Å²) in [5, 5.41) is 3.70. The number of benzene rings is 2. The highest BCUT2D eigenvalue weighted by Gasteiger charge is 2.13. The van der Waals surface area contributed by atoms with Crippen LogP contribution < -0.4 is 5.32 Å². The quantitative estimate of drug-likeness (QED) is 0.657. The lowest BCUT2D eigenvalue weighted by atomic mass is 10.0. The Morgan fingerprint density at radius 3 is 2.65 bits per heavy atom. The molecule has 0 radical (unpaired) electrons. The smallest absolute Gasteiger partial charge is 0.220 e. The molecule has 1 N–H and O–H groups in total. The summed E-state index contributed by atoms with van der Waals surface area (Å²) in [6, 6.07) is 15.4. The Balaban J connectivity index is 1.55. The second kappa shape index (κ2) is 8.19. The van der Waals surface area contributed by atoms with Gasteiger partial charge >= 0.3 is 0 Å². The Hall–Kier alpha value is -2.59. The summed E-state index contributed by atoms with van der Waals surface area (Å²) in [4.78, 5) is 16.5. The number of carbonyl (C=O) groups excluding carboxylic acids is 1. The van der Waals surface area contributed by atoms with Crippen LogP contribution >= 0.6 is 11.6 Å². The van der Waals surface area contributed by atoms with E-state index in [2.05, 4.69) is 10.3 Å². The Morgan fingerprint density at radius 1 is 1.19 bits per heavy atom. The fourth-order valence-electron chi connectivity index (χ4n) is 2.86. The van der Waals surface area contributed by atoms with Crippen LogP contribution in [0, 0.1) is 6.92 Å². The van der Waals surface area contributed by atoms with Gasteiger partial charge in [0.15, 0.2) is 11.7 Å². The van der Waals surface area contributed by atoms with Gasteiger partial charge in [-0.05, 0) is 49.2 Å². The third-order valence-electron chi connectivity index (χ3n) is 4.28. The zero-order valence-electron chi connectivity index (χ0n) is 14.8. The molecule has 1 atom stereocenters. The minimum Gasteiger partial charge on any atom is -0.441 e. The SMILES string of the molecule is Cc1ccccc1C(C)NC(=O)CCc1ncc(-c2ccc(Cl)cc2)o1. The first-order valence-corrected chi connectivity index (χ1v) is 8.96. The zero-order chi connectivity index (χ0) is 18.5. The number of aryl methyl sites for hydroxylation is 2. The molecule has 0 aliphatic heterocycles. The third kappa shape index (κ3) is 4.52. The highest BCUT2D eigenvalue weighted by atomic mass is 35.5. The van der Waals surface area contributed by atoms with Crippen LogP contribution in [-0.4, -0.2) is 10.9 Å². The lowest BCUT2D eigenvalue weighted by Crippen LogP contribution is -2.27. The maximum atomic E-state index is 12.2. The van der Waals surface area contributed by atoms with E-state index in [1.807, 2.05) is 50.2 Å². The Labute approximate surface area is 158 Å². The maximum absolute atomic E-state index is 12.2.